The van der Waals surface area contributed by atoms with Gasteiger partial charge in [0.1, 0.15) is 18.1 Å². The van der Waals surface area contributed by atoms with Crippen molar-refractivity contribution in [2.75, 3.05) is 46.4 Å². The number of rotatable bonds is 9. The predicted molar refractivity (Wildman–Crippen MR) is 117 cm³/mol. The van der Waals surface area contributed by atoms with Crippen molar-refractivity contribution in [3.05, 3.63) is 47.8 Å². The quantitative estimate of drug-likeness (QED) is 0.539. The first-order chi connectivity index (χ1) is 14.4. The number of anilines is 1. The van der Waals surface area contributed by atoms with E-state index in [-0.39, 0.29) is 12.5 Å². The molecule has 3 rings (SSSR count). The number of carbonyl (C=O) groups excluding carboxylic acids is 1. The van der Waals surface area contributed by atoms with Gasteiger partial charge in [0.25, 0.3) is 0 Å². The van der Waals surface area contributed by atoms with Crippen LogP contribution in [0.15, 0.2) is 36.5 Å². The number of amides is 1. The largest absolute Gasteiger partial charge is 0.497 e. The first-order valence-corrected chi connectivity index (χ1v) is 9.83. The van der Waals surface area contributed by atoms with Crippen molar-refractivity contribution in [3.8, 4) is 5.75 Å². The summed E-state index contributed by atoms with van der Waals surface area (Å²) in [5, 5.41) is 5.33. The summed E-state index contributed by atoms with van der Waals surface area (Å²) in [6, 6.07) is 9.79. The average molecular weight is 412 g/mol. The molecule has 8 nitrogen and oxygen atoms in total. The van der Waals surface area contributed by atoms with Crippen molar-refractivity contribution in [1.29, 1.82) is 0 Å². The fourth-order valence-corrected chi connectivity index (χ4v) is 3.30. The van der Waals surface area contributed by atoms with Crippen molar-refractivity contribution in [2.45, 2.75) is 20.0 Å². The van der Waals surface area contributed by atoms with Gasteiger partial charge in [-0.25, -0.2) is 4.98 Å². The summed E-state index contributed by atoms with van der Waals surface area (Å²) in [7, 11) is 7.18. The van der Waals surface area contributed by atoms with E-state index >= 15 is 0 Å². The Bertz CT molecular complexity index is 1020. The van der Waals surface area contributed by atoms with Gasteiger partial charge in [-0.3, -0.25) is 9.48 Å². The van der Waals surface area contributed by atoms with Gasteiger partial charge in [-0.2, -0.15) is 5.10 Å². The Morgan fingerprint density at radius 3 is 2.60 bits per heavy atom. The van der Waals surface area contributed by atoms with Gasteiger partial charge in [0, 0.05) is 57.5 Å². The molecule has 0 aliphatic rings. The van der Waals surface area contributed by atoms with Crippen LogP contribution in [0.2, 0.25) is 0 Å². The summed E-state index contributed by atoms with van der Waals surface area (Å²) in [5.74, 6) is 1.56. The molecule has 2 aromatic heterocycles. The number of aromatic nitrogens is 3. The average Bonchev–Trinajstić information content (AvgIpc) is 3.14. The Kier molecular flexibility index (Phi) is 6.89. The lowest BCUT2D eigenvalue weighted by molar-refractivity contribution is -0.133. The summed E-state index contributed by atoms with van der Waals surface area (Å²) >= 11 is 0. The first kappa shape index (κ1) is 21.6. The number of carbonyl (C=O) groups is 1. The van der Waals surface area contributed by atoms with Crippen LogP contribution in [0.25, 0.3) is 10.9 Å². The number of hydrogen-bond acceptors (Lipinski definition) is 6. The minimum Gasteiger partial charge on any atom is -0.497 e. The van der Waals surface area contributed by atoms with Crippen LogP contribution in [0.5, 0.6) is 5.75 Å². The van der Waals surface area contributed by atoms with Gasteiger partial charge < -0.3 is 19.3 Å². The molecule has 2 heterocycles. The summed E-state index contributed by atoms with van der Waals surface area (Å²) < 4.78 is 12.2. The van der Waals surface area contributed by atoms with Gasteiger partial charge in [-0.05, 0) is 31.2 Å². The Hall–Kier alpha value is -3.13. The minimum absolute atomic E-state index is 0.0188. The second-order valence-electron chi connectivity index (χ2n) is 7.39. The molecule has 160 valence electrons. The van der Waals surface area contributed by atoms with E-state index in [1.54, 1.807) is 23.8 Å². The number of benzene rings is 1. The zero-order valence-corrected chi connectivity index (χ0v) is 18.3. The molecule has 0 saturated heterocycles. The van der Waals surface area contributed by atoms with Crippen LogP contribution in [0.3, 0.4) is 0 Å². The van der Waals surface area contributed by atoms with Crippen molar-refractivity contribution < 1.29 is 14.3 Å². The first-order valence-electron chi connectivity index (χ1n) is 9.83. The number of nitrogens with zero attached hydrogens (tertiary/aromatic N) is 5. The summed E-state index contributed by atoms with van der Waals surface area (Å²) in [5.41, 5.74) is 2.71. The minimum atomic E-state index is -0.0188. The molecule has 0 bridgehead atoms. The lowest BCUT2D eigenvalue weighted by atomic mass is 10.1. The molecule has 1 amide bonds. The van der Waals surface area contributed by atoms with Gasteiger partial charge in [-0.15, -0.1) is 0 Å². The van der Waals surface area contributed by atoms with Crippen LogP contribution in [0.4, 0.5) is 5.82 Å². The molecule has 30 heavy (non-hydrogen) atoms. The Balaban J connectivity index is 1.91. The number of methoxy groups -OCH3 is 2. The van der Waals surface area contributed by atoms with Crippen LogP contribution in [0.1, 0.15) is 11.3 Å². The molecular formula is C22H29N5O3. The fraction of sp³-hybridized carbons (Fsp3) is 0.409. The van der Waals surface area contributed by atoms with E-state index in [1.807, 2.05) is 56.4 Å². The molecule has 0 spiro atoms. The van der Waals surface area contributed by atoms with Crippen LogP contribution in [-0.2, 0) is 22.6 Å². The standard InChI is InChI=1S/C22H29N5O3/c1-16-8-9-27(24-16)15-21(28)26(10-11-29-4)14-18-12-17-6-7-19(30-5)13-20(17)23-22(18)25(2)3/h6-9,12-13H,10-11,14-15H2,1-5H3. The van der Waals surface area contributed by atoms with Crippen molar-refractivity contribution in [1.82, 2.24) is 19.7 Å². The van der Waals surface area contributed by atoms with E-state index in [4.69, 9.17) is 14.5 Å². The Morgan fingerprint density at radius 2 is 1.97 bits per heavy atom. The summed E-state index contributed by atoms with van der Waals surface area (Å²) in [6.45, 7) is 3.48. The normalized spacial score (nSPS) is 11.0. The third-order valence-corrected chi connectivity index (χ3v) is 4.86. The number of hydrogen-bond donors (Lipinski definition) is 0. The zero-order chi connectivity index (χ0) is 21.7. The molecule has 0 N–H and O–H groups in total. The molecular weight excluding hydrogens is 382 g/mol. The van der Waals surface area contributed by atoms with E-state index in [0.717, 1.165) is 33.7 Å². The van der Waals surface area contributed by atoms with Crippen molar-refractivity contribution in [3.63, 3.8) is 0 Å². The highest BCUT2D eigenvalue weighted by atomic mass is 16.5. The van der Waals surface area contributed by atoms with Crippen LogP contribution < -0.4 is 9.64 Å². The second-order valence-corrected chi connectivity index (χ2v) is 7.39. The van der Waals surface area contributed by atoms with Gasteiger partial charge in [0.05, 0.1) is 24.9 Å². The summed E-state index contributed by atoms with van der Waals surface area (Å²) in [4.78, 5) is 21.6. The molecule has 0 unspecified atom stereocenters. The Morgan fingerprint density at radius 1 is 1.17 bits per heavy atom. The van der Waals surface area contributed by atoms with Gasteiger partial charge in [-0.1, -0.05) is 0 Å². The molecule has 1 aromatic carbocycles. The summed E-state index contributed by atoms with van der Waals surface area (Å²) in [6.07, 6.45) is 1.82. The van der Waals surface area contributed by atoms with Crippen molar-refractivity contribution in [2.24, 2.45) is 0 Å². The van der Waals surface area contributed by atoms with Crippen LogP contribution in [-0.4, -0.2) is 67.0 Å². The number of aryl methyl sites for hydroxylation is 1. The highest BCUT2D eigenvalue weighted by molar-refractivity contribution is 5.83. The highest BCUT2D eigenvalue weighted by Gasteiger charge is 2.19. The molecule has 0 aliphatic carbocycles. The monoisotopic (exact) mass is 411 g/mol. The highest BCUT2D eigenvalue weighted by Crippen LogP contribution is 2.26. The van der Waals surface area contributed by atoms with E-state index < -0.39 is 0 Å². The lowest BCUT2D eigenvalue weighted by Gasteiger charge is -2.25. The van der Waals surface area contributed by atoms with Crippen molar-refractivity contribution >= 4 is 22.6 Å². The molecule has 0 aliphatic heterocycles. The van der Waals surface area contributed by atoms with E-state index in [1.165, 1.54) is 0 Å². The second kappa shape index (κ2) is 9.58. The predicted octanol–water partition coefficient (Wildman–Crippen LogP) is 2.49. The molecule has 8 heteroatoms. The van der Waals surface area contributed by atoms with E-state index in [0.29, 0.717) is 19.7 Å². The van der Waals surface area contributed by atoms with Gasteiger partial charge >= 0.3 is 0 Å². The molecule has 0 fully saturated rings. The number of fused-ring (bicyclic) bond motifs is 1. The van der Waals surface area contributed by atoms with Gasteiger partial charge in [0.15, 0.2) is 0 Å². The number of pyridine rings is 1. The van der Waals surface area contributed by atoms with E-state index in [2.05, 4.69) is 11.2 Å². The third-order valence-electron chi connectivity index (χ3n) is 4.86. The molecule has 3 aromatic rings. The maximum atomic E-state index is 13.0. The Labute approximate surface area is 177 Å². The van der Waals surface area contributed by atoms with Crippen LogP contribution in [0, 0.1) is 6.92 Å². The lowest BCUT2D eigenvalue weighted by Crippen LogP contribution is -2.36. The molecule has 0 radical (unpaired) electrons. The molecule has 0 atom stereocenters. The van der Waals surface area contributed by atoms with E-state index in [9.17, 15) is 4.79 Å². The maximum absolute atomic E-state index is 13.0. The molecule has 0 saturated carbocycles. The number of ether oxygens (including phenoxy) is 2. The smallest absolute Gasteiger partial charge is 0.244 e. The van der Waals surface area contributed by atoms with Crippen LogP contribution >= 0.6 is 0 Å². The fourth-order valence-electron chi connectivity index (χ4n) is 3.30. The maximum Gasteiger partial charge on any atom is 0.244 e. The topological polar surface area (TPSA) is 72.7 Å². The zero-order valence-electron chi connectivity index (χ0n) is 18.3. The third kappa shape index (κ3) is 5.07. The van der Waals surface area contributed by atoms with Gasteiger partial charge in [0.2, 0.25) is 5.91 Å². The SMILES string of the molecule is COCCN(Cc1cc2ccc(OC)cc2nc1N(C)C)C(=O)Cn1ccc(C)n1.